The topological polar surface area (TPSA) is 36.7 Å². The summed E-state index contributed by atoms with van der Waals surface area (Å²) in [7, 11) is 0. The zero-order valence-corrected chi connectivity index (χ0v) is 9.63. The first kappa shape index (κ1) is 10.9. The number of nitriles is 1. The third-order valence-corrected chi connectivity index (χ3v) is 2.82. The molecule has 1 aromatic carbocycles. The third kappa shape index (κ3) is 2.16. The van der Waals surface area contributed by atoms with E-state index >= 15 is 0 Å². The van der Waals surface area contributed by atoms with Gasteiger partial charge in [-0.05, 0) is 24.3 Å². The lowest BCUT2D eigenvalue weighted by molar-refractivity contribution is 1.27. The minimum Gasteiger partial charge on any atom is -0.237 e. The molecular weight excluding hydrogens is 243 g/mol. The summed E-state index contributed by atoms with van der Waals surface area (Å²) in [6, 6.07) is 12.5. The van der Waals surface area contributed by atoms with Gasteiger partial charge in [-0.15, -0.1) is 0 Å². The van der Waals surface area contributed by atoms with Crippen LogP contribution in [0, 0.1) is 11.3 Å². The number of benzene rings is 1. The van der Waals surface area contributed by atoms with Gasteiger partial charge in [0.1, 0.15) is 11.8 Å². The van der Waals surface area contributed by atoms with Gasteiger partial charge in [0.15, 0.2) is 0 Å². The van der Waals surface area contributed by atoms with Gasteiger partial charge in [-0.1, -0.05) is 35.3 Å². The molecule has 0 radical (unpaired) electrons. The first-order valence-corrected chi connectivity index (χ1v) is 5.29. The highest BCUT2D eigenvalue weighted by atomic mass is 35.5. The van der Waals surface area contributed by atoms with Crippen molar-refractivity contribution in [2.24, 2.45) is 0 Å². The zero-order chi connectivity index (χ0) is 11.5. The highest BCUT2D eigenvalue weighted by Gasteiger charge is 2.03. The molecule has 78 valence electrons. The van der Waals surface area contributed by atoms with Crippen molar-refractivity contribution in [3.05, 3.63) is 52.1 Å². The molecule has 0 aliphatic heterocycles. The number of rotatable bonds is 1. The molecule has 2 rings (SSSR count). The molecule has 0 aliphatic carbocycles. The van der Waals surface area contributed by atoms with Gasteiger partial charge in [0.25, 0.3) is 0 Å². The van der Waals surface area contributed by atoms with E-state index in [0.29, 0.717) is 21.4 Å². The maximum Gasteiger partial charge on any atom is 0.141 e. The fourth-order valence-corrected chi connectivity index (χ4v) is 1.61. The Labute approximate surface area is 103 Å². The lowest BCUT2D eigenvalue weighted by atomic mass is 10.1. The fourth-order valence-electron chi connectivity index (χ4n) is 1.31. The smallest absolute Gasteiger partial charge is 0.141 e. The first-order valence-electron chi connectivity index (χ1n) is 4.53. The molecule has 0 amide bonds. The van der Waals surface area contributed by atoms with Gasteiger partial charge < -0.3 is 0 Å². The van der Waals surface area contributed by atoms with Gasteiger partial charge in [-0.2, -0.15) is 5.26 Å². The first-order chi connectivity index (χ1) is 7.70. The van der Waals surface area contributed by atoms with E-state index in [1.165, 1.54) is 0 Å². The van der Waals surface area contributed by atoms with Gasteiger partial charge in [0.2, 0.25) is 0 Å². The number of hydrogen-bond donors (Lipinski definition) is 0. The average molecular weight is 249 g/mol. The molecule has 1 heterocycles. The van der Waals surface area contributed by atoms with Crippen LogP contribution in [0.15, 0.2) is 36.4 Å². The second-order valence-corrected chi connectivity index (χ2v) is 3.96. The van der Waals surface area contributed by atoms with Crippen LogP contribution in [0.4, 0.5) is 0 Å². The Morgan fingerprint density at radius 1 is 1.06 bits per heavy atom. The predicted molar refractivity (Wildman–Crippen MR) is 64.4 cm³/mol. The van der Waals surface area contributed by atoms with Crippen molar-refractivity contribution >= 4 is 23.2 Å². The minimum absolute atomic E-state index is 0.378. The van der Waals surface area contributed by atoms with E-state index < -0.39 is 0 Å². The van der Waals surface area contributed by atoms with Crippen molar-refractivity contribution < 1.29 is 0 Å². The summed E-state index contributed by atoms with van der Waals surface area (Å²) in [6.45, 7) is 0. The van der Waals surface area contributed by atoms with Gasteiger partial charge in [-0.3, -0.25) is 0 Å². The standard InChI is InChI=1S/C12H6Cl2N2/c13-10-5-4-8(6-11(10)14)12-3-1-2-9(7-15)16-12/h1-6H. The second-order valence-electron chi connectivity index (χ2n) is 3.15. The van der Waals surface area contributed by atoms with Gasteiger partial charge >= 0.3 is 0 Å². The Morgan fingerprint density at radius 2 is 1.88 bits per heavy atom. The summed E-state index contributed by atoms with van der Waals surface area (Å²) in [4.78, 5) is 4.17. The highest BCUT2D eigenvalue weighted by Crippen LogP contribution is 2.27. The van der Waals surface area contributed by atoms with Crippen LogP contribution in [-0.2, 0) is 0 Å². The number of hydrogen-bond acceptors (Lipinski definition) is 2. The molecule has 0 unspecified atom stereocenters. The summed E-state index contributed by atoms with van der Waals surface area (Å²) in [5.74, 6) is 0. The molecule has 0 spiro atoms. The van der Waals surface area contributed by atoms with Crippen molar-refractivity contribution in [1.29, 1.82) is 5.26 Å². The van der Waals surface area contributed by atoms with E-state index in [0.717, 1.165) is 5.56 Å². The Balaban J connectivity index is 2.51. The van der Waals surface area contributed by atoms with Crippen LogP contribution in [0.1, 0.15) is 5.69 Å². The van der Waals surface area contributed by atoms with Crippen molar-refractivity contribution in [2.75, 3.05) is 0 Å². The molecule has 16 heavy (non-hydrogen) atoms. The van der Waals surface area contributed by atoms with Crippen LogP contribution >= 0.6 is 23.2 Å². The quantitative estimate of drug-likeness (QED) is 0.767. The van der Waals surface area contributed by atoms with E-state index in [1.807, 2.05) is 18.2 Å². The maximum absolute atomic E-state index is 8.75. The van der Waals surface area contributed by atoms with E-state index in [4.69, 9.17) is 28.5 Å². The predicted octanol–water partition coefficient (Wildman–Crippen LogP) is 3.93. The van der Waals surface area contributed by atoms with Crippen LogP contribution in [0.5, 0.6) is 0 Å². The van der Waals surface area contributed by atoms with Crippen molar-refractivity contribution in [2.45, 2.75) is 0 Å². The van der Waals surface area contributed by atoms with Crippen molar-refractivity contribution in [3.63, 3.8) is 0 Å². The van der Waals surface area contributed by atoms with Crippen LogP contribution in [-0.4, -0.2) is 4.98 Å². The number of aromatic nitrogens is 1. The third-order valence-electron chi connectivity index (χ3n) is 2.08. The van der Waals surface area contributed by atoms with E-state index in [1.54, 1.807) is 24.3 Å². The van der Waals surface area contributed by atoms with E-state index in [-0.39, 0.29) is 0 Å². The SMILES string of the molecule is N#Cc1cccc(-c2ccc(Cl)c(Cl)c2)n1. The Hall–Kier alpha value is -1.56. The van der Waals surface area contributed by atoms with Crippen LogP contribution < -0.4 is 0 Å². The molecule has 0 atom stereocenters. The normalized spacial score (nSPS) is 9.81. The second kappa shape index (κ2) is 4.52. The molecule has 4 heteroatoms. The van der Waals surface area contributed by atoms with Gasteiger partial charge in [-0.25, -0.2) is 4.98 Å². The lowest BCUT2D eigenvalue weighted by Gasteiger charge is -2.02. The molecule has 0 N–H and O–H groups in total. The van der Waals surface area contributed by atoms with Gasteiger partial charge in [0.05, 0.1) is 15.7 Å². The fraction of sp³-hybridized carbons (Fsp3) is 0. The number of nitrogens with zero attached hydrogens (tertiary/aromatic N) is 2. The maximum atomic E-state index is 8.75. The molecule has 1 aromatic heterocycles. The minimum atomic E-state index is 0.378. The van der Waals surface area contributed by atoms with E-state index in [9.17, 15) is 0 Å². The lowest BCUT2D eigenvalue weighted by Crippen LogP contribution is -1.87. The van der Waals surface area contributed by atoms with Gasteiger partial charge in [0, 0.05) is 5.56 Å². The van der Waals surface area contributed by atoms with Crippen LogP contribution in [0.2, 0.25) is 10.0 Å². The molecule has 0 fully saturated rings. The summed E-state index contributed by atoms with van der Waals surface area (Å²) >= 11 is 11.7. The summed E-state index contributed by atoms with van der Waals surface area (Å²) in [5.41, 5.74) is 1.92. The molecule has 0 bridgehead atoms. The largest absolute Gasteiger partial charge is 0.237 e. The number of halogens is 2. The van der Waals surface area contributed by atoms with Crippen LogP contribution in [0.25, 0.3) is 11.3 Å². The highest BCUT2D eigenvalue weighted by molar-refractivity contribution is 6.42. The monoisotopic (exact) mass is 248 g/mol. The molecule has 0 saturated heterocycles. The summed E-state index contributed by atoms with van der Waals surface area (Å²) < 4.78 is 0. The summed E-state index contributed by atoms with van der Waals surface area (Å²) in [5, 5.41) is 9.72. The molecule has 2 nitrogen and oxygen atoms in total. The number of pyridine rings is 1. The van der Waals surface area contributed by atoms with Crippen molar-refractivity contribution in [1.82, 2.24) is 4.98 Å². The Morgan fingerprint density at radius 3 is 2.56 bits per heavy atom. The van der Waals surface area contributed by atoms with E-state index in [2.05, 4.69) is 4.98 Å². The zero-order valence-electron chi connectivity index (χ0n) is 8.11. The molecule has 0 aliphatic rings. The van der Waals surface area contributed by atoms with Crippen molar-refractivity contribution in [3.8, 4) is 17.3 Å². The molecule has 0 saturated carbocycles. The summed E-state index contributed by atoms with van der Waals surface area (Å²) in [6.07, 6.45) is 0. The Kier molecular flexibility index (Phi) is 3.09. The molecular formula is C12H6Cl2N2. The molecule has 2 aromatic rings. The Bertz CT molecular complexity index is 573. The van der Waals surface area contributed by atoms with Crippen LogP contribution in [0.3, 0.4) is 0 Å². The average Bonchev–Trinajstić information content (AvgIpc) is 2.33.